The van der Waals surface area contributed by atoms with Gasteiger partial charge in [0, 0.05) is 25.7 Å². The smallest absolute Gasteiger partial charge is 0.215 e. The first-order valence-corrected chi connectivity index (χ1v) is 7.88. The number of nitrogens with one attached hydrogen (secondary N) is 1. The van der Waals surface area contributed by atoms with Gasteiger partial charge >= 0.3 is 0 Å². The zero-order valence-electron chi connectivity index (χ0n) is 11.7. The minimum absolute atomic E-state index is 0.104. The number of hydrogen-bond acceptors (Lipinski definition) is 4. The van der Waals surface area contributed by atoms with E-state index >= 15 is 0 Å². The van der Waals surface area contributed by atoms with Crippen LogP contribution in [-0.2, 0) is 16.6 Å². The second-order valence-corrected chi connectivity index (χ2v) is 6.43. The number of ether oxygens (including phenoxy) is 1. The molecule has 0 heterocycles. The van der Waals surface area contributed by atoms with Crippen LogP contribution in [0.15, 0.2) is 24.3 Å². The lowest BCUT2D eigenvalue weighted by Crippen LogP contribution is -2.33. The van der Waals surface area contributed by atoms with Crippen LogP contribution < -0.4 is 10.1 Å². The summed E-state index contributed by atoms with van der Waals surface area (Å²) in [5.41, 5.74) is 0.861. The predicted molar refractivity (Wildman–Crippen MR) is 76.8 cm³/mol. The molecule has 19 heavy (non-hydrogen) atoms. The molecule has 5 nitrogen and oxygen atoms in total. The summed E-state index contributed by atoms with van der Waals surface area (Å²) in [7, 11) is -0.0676. The highest BCUT2D eigenvalue weighted by atomic mass is 32.2. The van der Waals surface area contributed by atoms with Gasteiger partial charge in [0.05, 0.1) is 12.9 Å². The Balaban J connectivity index is 2.70. The largest absolute Gasteiger partial charge is 0.496 e. The van der Waals surface area contributed by atoms with Crippen molar-refractivity contribution in [3.8, 4) is 5.75 Å². The Bertz CT molecular complexity index is 488. The minimum Gasteiger partial charge on any atom is -0.496 e. The number of para-hydroxylation sites is 1. The van der Waals surface area contributed by atoms with Crippen molar-refractivity contribution in [3.63, 3.8) is 0 Å². The highest BCUT2D eigenvalue weighted by Crippen LogP contribution is 2.19. The third kappa shape index (κ3) is 4.81. The van der Waals surface area contributed by atoms with Crippen LogP contribution in [0.1, 0.15) is 12.5 Å². The highest BCUT2D eigenvalue weighted by Gasteiger charge is 2.18. The molecule has 1 aromatic rings. The first-order chi connectivity index (χ1) is 9.01. The molecule has 0 radical (unpaired) electrons. The highest BCUT2D eigenvalue weighted by molar-refractivity contribution is 7.89. The molecular formula is C13H22N2O3S. The SMILES string of the molecule is CCNCCS(=O)(=O)N(C)Cc1ccccc1OC. The quantitative estimate of drug-likeness (QED) is 0.726. The molecule has 0 saturated carbocycles. The van der Waals surface area contributed by atoms with Gasteiger partial charge in [0.15, 0.2) is 0 Å². The molecule has 0 spiro atoms. The molecule has 108 valence electrons. The topological polar surface area (TPSA) is 58.6 Å². The molecule has 0 aliphatic rings. The van der Waals surface area contributed by atoms with Gasteiger partial charge in [0.1, 0.15) is 5.75 Å². The molecule has 0 aliphatic carbocycles. The van der Waals surface area contributed by atoms with Crippen LogP contribution in [0.5, 0.6) is 5.75 Å². The normalized spacial score (nSPS) is 11.8. The number of sulfonamides is 1. The molecule has 0 bridgehead atoms. The van der Waals surface area contributed by atoms with Crippen LogP contribution in [0, 0.1) is 0 Å². The molecule has 0 fully saturated rings. The van der Waals surface area contributed by atoms with Gasteiger partial charge in [-0.2, -0.15) is 0 Å². The van der Waals surface area contributed by atoms with Crippen molar-refractivity contribution in [1.82, 2.24) is 9.62 Å². The number of rotatable bonds is 8. The van der Waals surface area contributed by atoms with E-state index < -0.39 is 10.0 Å². The third-order valence-corrected chi connectivity index (χ3v) is 4.65. The van der Waals surface area contributed by atoms with Gasteiger partial charge in [-0.15, -0.1) is 0 Å². The number of nitrogens with zero attached hydrogens (tertiary/aromatic N) is 1. The van der Waals surface area contributed by atoms with Gasteiger partial charge in [-0.3, -0.25) is 0 Å². The summed E-state index contributed by atoms with van der Waals surface area (Å²) >= 11 is 0. The lowest BCUT2D eigenvalue weighted by atomic mass is 10.2. The van der Waals surface area contributed by atoms with Crippen molar-refractivity contribution in [2.75, 3.05) is 33.0 Å². The van der Waals surface area contributed by atoms with Crippen molar-refractivity contribution >= 4 is 10.0 Å². The van der Waals surface area contributed by atoms with E-state index in [1.54, 1.807) is 14.2 Å². The average Bonchev–Trinajstić information content (AvgIpc) is 2.39. The molecule has 0 aliphatic heterocycles. The molecule has 1 N–H and O–H groups in total. The summed E-state index contributed by atoms with van der Waals surface area (Å²) in [6.07, 6.45) is 0. The molecule has 0 aromatic heterocycles. The second kappa shape index (κ2) is 7.47. The Morgan fingerprint density at radius 3 is 2.63 bits per heavy atom. The third-order valence-electron chi connectivity index (χ3n) is 2.85. The summed E-state index contributed by atoms with van der Waals surface area (Å²) in [5, 5.41) is 3.02. The van der Waals surface area contributed by atoms with Crippen molar-refractivity contribution in [3.05, 3.63) is 29.8 Å². The van der Waals surface area contributed by atoms with Gasteiger partial charge in [-0.1, -0.05) is 25.1 Å². The Labute approximate surface area is 115 Å². The molecular weight excluding hydrogens is 264 g/mol. The second-order valence-electron chi connectivity index (χ2n) is 4.24. The first-order valence-electron chi connectivity index (χ1n) is 6.28. The number of hydrogen-bond donors (Lipinski definition) is 1. The van der Waals surface area contributed by atoms with E-state index in [4.69, 9.17) is 4.74 Å². The fourth-order valence-electron chi connectivity index (χ4n) is 1.71. The fraction of sp³-hybridized carbons (Fsp3) is 0.538. The van der Waals surface area contributed by atoms with Crippen molar-refractivity contribution in [1.29, 1.82) is 0 Å². The average molecular weight is 286 g/mol. The maximum absolute atomic E-state index is 12.1. The van der Waals surface area contributed by atoms with Gasteiger partial charge in [-0.25, -0.2) is 12.7 Å². The van der Waals surface area contributed by atoms with Crippen LogP contribution in [0.3, 0.4) is 0 Å². The van der Waals surface area contributed by atoms with Crippen LogP contribution in [0.4, 0.5) is 0 Å². The summed E-state index contributed by atoms with van der Waals surface area (Å²) in [6, 6.07) is 7.43. The van der Waals surface area contributed by atoms with Gasteiger partial charge < -0.3 is 10.1 Å². The van der Waals surface area contributed by atoms with Crippen LogP contribution in [0.2, 0.25) is 0 Å². The Morgan fingerprint density at radius 1 is 1.32 bits per heavy atom. The summed E-state index contributed by atoms with van der Waals surface area (Å²) in [5.74, 6) is 0.809. The summed E-state index contributed by atoms with van der Waals surface area (Å²) < 4.78 is 30.7. The summed E-state index contributed by atoms with van der Waals surface area (Å²) in [6.45, 7) is 3.50. The van der Waals surface area contributed by atoms with E-state index in [2.05, 4.69) is 5.32 Å². The van der Waals surface area contributed by atoms with Crippen LogP contribution in [-0.4, -0.2) is 45.7 Å². The molecule has 0 saturated heterocycles. The number of methoxy groups -OCH3 is 1. The Kier molecular flexibility index (Phi) is 6.27. The van der Waals surface area contributed by atoms with E-state index in [9.17, 15) is 8.42 Å². The zero-order valence-corrected chi connectivity index (χ0v) is 12.5. The monoisotopic (exact) mass is 286 g/mol. The predicted octanol–water partition coefficient (Wildman–Crippen LogP) is 1.07. The lowest BCUT2D eigenvalue weighted by molar-refractivity contribution is 0.398. The van der Waals surface area contributed by atoms with E-state index in [-0.39, 0.29) is 5.75 Å². The number of benzene rings is 1. The molecule has 0 amide bonds. The molecule has 0 atom stereocenters. The van der Waals surface area contributed by atoms with Crippen LogP contribution in [0.25, 0.3) is 0 Å². The molecule has 1 rings (SSSR count). The molecule has 1 aromatic carbocycles. The fourth-order valence-corrected chi connectivity index (χ4v) is 2.76. The molecule has 0 unspecified atom stereocenters. The molecule has 6 heteroatoms. The first kappa shape index (κ1) is 15.9. The maximum Gasteiger partial charge on any atom is 0.215 e. The van der Waals surface area contributed by atoms with E-state index in [1.165, 1.54) is 4.31 Å². The van der Waals surface area contributed by atoms with Crippen LogP contribution >= 0.6 is 0 Å². The van der Waals surface area contributed by atoms with Gasteiger partial charge in [-0.05, 0) is 12.6 Å². The zero-order chi connectivity index (χ0) is 14.3. The van der Waals surface area contributed by atoms with E-state index in [1.807, 2.05) is 31.2 Å². The maximum atomic E-state index is 12.1. The van der Waals surface area contributed by atoms with Crippen molar-refractivity contribution < 1.29 is 13.2 Å². The Morgan fingerprint density at radius 2 is 2.00 bits per heavy atom. The Hall–Kier alpha value is -1.11. The standard InChI is InChI=1S/C13H22N2O3S/c1-4-14-9-10-19(16,17)15(2)11-12-7-5-6-8-13(12)18-3/h5-8,14H,4,9-11H2,1-3H3. The van der Waals surface area contributed by atoms with Gasteiger partial charge in [0.25, 0.3) is 0 Å². The van der Waals surface area contributed by atoms with E-state index in [0.717, 1.165) is 12.1 Å². The van der Waals surface area contributed by atoms with E-state index in [0.29, 0.717) is 18.8 Å². The lowest BCUT2D eigenvalue weighted by Gasteiger charge is -2.18. The van der Waals surface area contributed by atoms with Crippen molar-refractivity contribution in [2.45, 2.75) is 13.5 Å². The van der Waals surface area contributed by atoms with Gasteiger partial charge in [0.2, 0.25) is 10.0 Å². The minimum atomic E-state index is -3.24. The summed E-state index contributed by atoms with van der Waals surface area (Å²) in [4.78, 5) is 0. The van der Waals surface area contributed by atoms with Crippen molar-refractivity contribution in [2.24, 2.45) is 0 Å².